The molecule has 0 saturated heterocycles. The summed E-state index contributed by atoms with van der Waals surface area (Å²) in [5.74, 6) is 0.324. The lowest BCUT2D eigenvalue weighted by Gasteiger charge is -2.03. The molecule has 2 heteroatoms. The fraction of sp³-hybridized carbons (Fsp3) is 0.846. The molecule has 0 aromatic rings. The lowest BCUT2D eigenvalue weighted by Crippen LogP contribution is -1.98. The molecule has 0 aliphatic heterocycles. The largest absolute Gasteiger partial charge is 0.303 e. The maximum absolute atomic E-state index is 10.2. The van der Waals surface area contributed by atoms with E-state index < -0.39 is 0 Å². The van der Waals surface area contributed by atoms with E-state index in [9.17, 15) is 9.59 Å². The summed E-state index contributed by atoms with van der Waals surface area (Å²) < 4.78 is 0. The number of carbonyl (C=O) groups is 2. The van der Waals surface area contributed by atoms with Gasteiger partial charge in [-0.2, -0.15) is 0 Å². The first kappa shape index (κ1) is 16.8. The molecule has 0 heterocycles. The molecule has 15 heavy (non-hydrogen) atoms. The standard InChI is InChI=1S/C8H16O.C5H10O/c1-3-5-6-8(4-2)7-9;1-2-3-4-5-6/h7-8H,3-6H2,1-2H3;5H,2-4H2,1H3. The lowest BCUT2D eigenvalue weighted by molar-refractivity contribution is -0.111. The zero-order valence-corrected chi connectivity index (χ0v) is 10.5. The molecule has 2 nitrogen and oxygen atoms in total. The van der Waals surface area contributed by atoms with Crippen molar-refractivity contribution in [2.24, 2.45) is 5.92 Å². The monoisotopic (exact) mass is 214 g/mol. The van der Waals surface area contributed by atoms with Crippen LogP contribution in [0, 0.1) is 5.92 Å². The minimum Gasteiger partial charge on any atom is -0.303 e. The summed E-state index contributed by atoms with van der Waals surface area (Å²) in [6, 6.07) is 0. The zero-order chi connectivity index (χ0) is 11.9. The minimum atomic E-state index is 0.324. The third kappa shape index (κ3) is 16.0. The molecular formula is C13H26O2. The Labute approximate surface area is 94.4 Å². The molecule has 0 aliphatic rings. The topological polar surface area (TPSA) is 34.1 Å². The fourth-order valence-corrected chi connectivity index (χ4v) is 1.12. The van der Waals surface area contributed by atoms with Crippen LogP contribution < -0.4 is 0 Å². The maximum Gasteiger partial charge on any atom is 0.123 e. The van der Waals surface area contributed by atoms with Crippen LogP contribution in [0.1, 0.15) is 65.7 Å². The fourth-order valence-electron chi connectivity index (χ4n) is 1.12. The number of unbranched alkanes of at least 4 members (excludes halogenated alkanes) is 3. The van der Waals surface area contributed by atoms with Gasteiger partial charge in [0.05, 0.1) is 0 Å². The summed E-state index contributed by atoms with van der Waals surface area (Å²) in [5.41, 5.74) is 0. The van der Waals surface area contributed by atoms with Crippen molar-refractivity contribution in [1.29, 1.82) is 0 Å². The first-order chi connectivity index (χ1) is 7.26. The minimum absolute atomic E-state index is 0.324. The Morgan fingerprint density at radius 3 is 1.87 bits per heavy atom. The Morgan fingerprint density at radius 1 is 1.00 bits per heavy atom. The number of aldehydes is 2. The van der Waals surface area contributed by atoms with E-state index >= 15 is 0 Å². The van der Waals surface area contributed by atoms with Crippen LogP contribution in [0.5, 0.6) is 0 Å². The van der Waals surface area contributed by atoms with Gasteiger partial charge < -0.3 is 9.59 Å². The SMILES string of the molecule is CCCCC(C=O)CC.CCCCC=O. The smallest absolute Gasteiger partial charge is 0.123 e. The van der Waals surface area contributed by atoms with E-state index in [1.165, 1.54) is 12.8 Å². The van der Waals surface area contributed by atoms with Gasteiger partial charge >= 0.3 is 0 Å². The van der Waals surface area contributed by atoms with Crippen molar-refractivity contribution in [3.05, 3.63) is 0 Å². The van der Waals surface area contributed by atoms with E-state index in [0.29, 0.717) is 5.92 Å². The Morgan fingerprint density at radius 2 is 1.60 bits per heavy atom. The number of rotatable bonds is 8. The summed E-state index contributed by atoms with van der Waals surface area (Å²) in [6.07, 6.45) is 9.42. The van der Waals surface area contributed by atoms with Gasteiger partial charge in [-0.3, -0.25) is 0 Å². The highest BCUT2D eigenvalue weighted by Gasteiger charge is 2.01. The highest BCUT2D eigenvalue weighted by atomic mass is 16.1. The van der Waals surface area contributed by atoms with Crippen LogP contribution in [0.4, 0.5) is 0 Å². The van der Waals surface area contributed by atoms with Gasteiger partial charge in [0.2, 0.25) is 0 Å². The molecule has 1 atom stereocenters. The molecule has 0 bridgehead atoms. The summed E-state index contributed by atoms with van der Waals surface area (Å²) >= 11 is 0. The molecule has 0 radical (unpaired) electrons. The third-order valence-corrected chi connectivity index (χ3v) is 2.32. The van der Waals surface area contributed by atoms with Gasteiger partial charge in [0, 0.05) is 12.3 Å². The summed E-state index contributed by atoms with van der Waals surface area (Å²) in [6.45, 7) is 6.29. The third-order valence-electron chi connectivity index (χ3n) is 2.32. The first-order valence-electron chi connectivity index (χ1n) is 6.15. The van der Waals surface area contributed by atoms with E-state index in [2.05, 4.69) is 20.8 Å². The van der Waals surface area contributed by atoms with Crippen LogP contribution in [0.3, 0.4) is 0 Å². The lowest BCUT2D eigenvalue weighted by atomic mass is 10.0. The molecule has 0 N–H and O–H groups in total. The van der Waals surface area contributed by atoms with Crippen molar-refractivity contribution in [2.45, 2.75) is 65.7 Å². The van der Waals surface area contributed by atoms with Gasteiger partial charge in [0.25, 0.3) is 0 Å². The van der Waals surface area contributed by atoms with Crippen molar-refractivity contribution in [2.75, 3.05) is 0 Å². The van der Waals surface area contributed by atoms with Crippen LogP contribution in [0.2, 0.25) is 0 Å². The molecule has 0 amide bonds. The molecule has 0 spiro atoms. The van der Waals surface area contributed by atoms with Gasteiger partial charge in [0.15, 0.2) is 0 Å². The Kier molecular flexibility index (Phi) is 17.6. The normalized spacial score (nSPS) is 11.1. The van der Waals surface area contributed by atoms with Crippen LogP contribution in [0.25, 0.3) is 0 Å². The maximum atomic E-state index is 10.2. The number of hydrogen-bond acceptors (Lipinski definition) is 2. The van der Waals surface area contributed by atoms with Gasteiger partial charge in [-0.1, -0.05) is 40.0 Å². The predicted octanol–water partition coefficient (Wildman–Crippen LogP) is 3.78. The molecule has 0 aromatic heterocycles. The molecule has 90 valence electrons. The summed E-state index contributed by atoms with van der Waals surface area (Å²) in [7, 11) is 0. The van der Waals surface area contributed by atoms with Crippen molar-refractivity contribution >= 4 is 12.6 Å². The van der Waals surface area contributed by atoms with Gasteiger partial charge in [-0.15, -0.1) is 0 Å². The Bertz CT molecular complexity index is 132. The number of carbonyl (C=O) groups excluding carboxylic acids is 2. The second kappa shape index (κ2) is 15.8. The van der Waals surface area contributed by atoms with Crippen LogP contribution >= 0.6 is 0 Å². The Hall–Kier alpha value is -0.660. The highest BCUT2D eigenvalue weighted by Crippen LogP contribution is 2.08. The zero-order valence-electron chi connectivity index (χ0n) is 10.5. The van der Waals surface area contributed by atoms with Crippen LogP contribution in [-0.4, -0.2) is 12.6 Å². The molecule has 0 aromatic carbocycles. The van der Waals surface area contributed by atoms with Crippen molar-refractivity contribution in [3.63, 3.8) is 0 Å². The van der Waals surface area contributed by atoms with E-state index in [1.54, 1.807) is 0 Å². The van der Waals surface area contributed by atoms with E-state index in [0.717, 1.165) is 44.7 Å². The van der Waals surface area contributed by atoms with E-state index in [4.69, 9.17) is 0 Å². The van der Waals surface area contributed by atoms with Gasteiger partial charge in [-0.25, -0.2) is 0 Å². The van der Waals surface area contributed by atoms with E-state index in [-0.39, 0.29) is 0 Å². The first-order valence-corrected chi connectivity index (χ1v) is 6.15. The van der Waals surface area contributed by atoms with E-state index in [1.807, 2.05) is 0 Å². The number of hydrogen-bond donors (Lipinski definition) is 0. The average Bonchev–Trinajstić information content (AvgIpc) is 2.29. The molecule has 0 rings (SSSR count). The Balaban J connectivity index is 0. The predicted molar refractivity (Wildman–Crippen MR) is 65.0 cm³/mol. The second-order valence-electron chi connectivity index (χ2n) is 3.76. The molecular weight excluding hydrogens is 188 g/mol. The molecule has 1 unspecified atom stereocenters. The highest BCUT2D eigenvalue weighted by molar-refractivity contribution is 5.53. The average molecular weight is 214 g/mol. The van der Waals surface area contributed by atoms with Gasteiger partial charge in [0.1, 0.15) is 12.6 Å². The second-order valence-corrected chi connectivity index (χ2v) is 3.76. The summed E-state index contributed by atoms with van der Waals surface area (Å²) in [4.78, 5) is 19.8. The van der Waals surface area contributed by atoms with Crippen molar-refractivity contribution in [3.8, 4) is 0 Å². The van der Waals surface area contributed by atoms with Crippen LogP contribution in [-0.2, 0) is 9.59 Å². The quantitative estimate of drug-likeness (QED) is 0.455. The van der Waals surface area contributed by atoms with Crippen molar-refractivity contribution < 1.29 is 9.59 Å². The molecule has 0 aliphatic carbocycles. The van der Waals surface area contributed by atoms with Crippen LogP contribution in [0.15, 0.2) is 0 Å². The van der Waals surface area contributed by atoms with Gasteiger partial charge in [-0.05, 0) is 19.3 Å². The molecule has 0 fully saturated rings. The van der Waals surface area contributed by atoms with Crippen molar-refractivity contribution in [1.82, 2.24) is 0 Å². The molecule has 0 saturated carbocycles. The summed E-state index contributed by atoms with van der Waals surface area (Å²) in [5, 5.41) is 0.